The first-order valence-electron chi connectivity index (χ1n) is 5.87. The van der Waals surface area contributed by atoms with Crippen molar-refractivity contribution < 1.29 is 0 Å². The normalized spacial score (nSPS) is 10.9. The van der Waals surface area contributed by atoms with Crippen LogP contribution >= 0.6 is 11.3 Å². The second-order valence-corrected chi connectivity index (χ2v) is 5.24. The lowest BCUT2D eigenvalue weighted by Gasteiger charge is -2.01. The van der Waals surface area contributed by atoms with Gasteiger partial charge in [0, 0.05) is 12.6 Å². The zero-order valence-corrected chi connectivity index (χ0v) is 10.7. The fraction of sp³-hybridized carbons (Fsp3) is 0.143. The second kappa shape index (κ2) is 4.74. The highest BCUT2D eigenvalue weighted by molar-refractivity contribution is 7.18. The van der Waals surface area contributed by atoms with E-state index >= 15 is 0 Å². The van der Waals surface area contributed by atoms with Crippen LogP contribution < -0.4 is 5.73 Å². The number of nitrogens with two attached hydrogens (primary N) is 1. The minimum absolute atomic E-state index is 0.624. The summed E-state index contributed by atoms with van der Waals surface area (Å²) in [6.07, 6.45) is 3.52. The number of hydrogen-bond acceptors (Lipinski definition) is 4. The van der Waals surface area contributed by atoms with Gasteiger partial charge in [-0.15, -0.1) is 11.3 Å². The van der Waals surface area contributed by atoms with Gasteiger partial charge in [-0.2, -0.15) is 0 Å². The van der Waals surface area contributed by atoms with E-state index in [1.165, 1.54) is 4.70 Å². The van der Waals surface area contributed by atoms with Gasteiger partial charge in [-0.25, -0.2) is 9.97 Å². The molecule has 0 amide bonds. The van der Waals surface area contributed by atoms with E-state index in [0.29, 0.717) is 5.82 Å². The molecule has 3 rings (SSSR count). The molecule has 0 aliphatic carbocycles. The van der Waals surface area contributed by atoms with Crippen LogP contribution in [-0.4, -0.2) is 9.97 Å². The molecule has 90 valence electrons. The number of nitrogens with zero attached hydrogens (tertiary/aromatic N) is 2. The van der Waals surface area contributed by atoms with E-state index in [4.69, 9.17) is 5.73 Å². The van der Waals surface area contributed by atoms with E-state index < -0.39 is 0 Å². The summed E-state index contributed by atoms with van der Waals surface area (Å²) in [6.45, 7) is 0. The third-order valence-electron chi connectivity index (χ3n) is 2.87. The van der Waals surface area contributed by atoms with Crippen molar-refractivity contribution in [2.75, 3.05) is 5.73 Å². The van der Waals surface area contributed by atoms with E-state index in [1.54, 1.807) is 17.5 Å². The third kappa shape index (κ3) is 2.19. The molecule has 0 saturated carbocycles. The average molecular weight is 255 g/mol. The van der Waals surface area contributed by atoms with Gasteiger partial charge in [0.05, 0.1) is 15.2 Å². The lowest BCUT2D eigenvalue weighted by Crippen LogP contribution is -1.98. The molecule has 0 aliphatic rings. The molecule has 0 saturated heterocycles. The van der Waals surface area contributed by atoms with Gasteiger partial charge in [0.25, 0.3) is 0 Å². The lowest BCUT2D eigenvalue weighted by atomic mass is 10.1. The van der Waals surface area contributed by atoms with Gasteiger partial charge < -0.3 is 5.73 Å². The van der Waals surface area contributed by atoms with Crippen LogP contribution in [0.4, 0.5) is 5.82 Å². The Morgan fingerprint density at radius 2 is 1.94 bits per heavy atom. The number of anilines is 1. The molecule has 0 atom stereocenters. The van der Waals surface area contributed by atoms with Crippen LogP contribution in [0.1, 0.15) is 10.6 Å². The first-order chi connectivity index (χ1) is 8.83. The quantitative estimate of drug-likeness (QED) is 0.782. The number of rotatable bonds is 3. The SMILES string of the molecule is Nc1ncccc1CCc1nc2ccccc2s1. The van der Waals surface area contributed by atoms with Crippen molar-refractivity contribution in [2.45, 2.75) is 12.8 Å². The van der Waals surface area contributed by atoms with Gasteiger partial charge in [0.1, 0.15) is 5.82 Å². The Morgan fingerprint density at radius 1 is 1.06 bits per heavy atom. The van der Waals surface area contributed by atoms with Crippen LogP contribution in [0.25, 0.3) is 10.2 Å². The predicted octanol–water partition coefficient (Wildman–Crippen LogP) is 3.06. The first kappa shape index (κ1) is 11.2. The Labute approximate surface area is 109 Å². The number of thiazole rings is 1. The van der Waals surface area contributed by atoms with Crippen molar-refractivity contribution in [1.29, 1.82) is 0 Å². The Morgan fingerprint density at radius 3 is 2.78 bits per heavy atom. The zero-order valence-electron chi connectivity index (χ0n) is 9.84. The first-order valence-corrected chi connectivity index (χ1v) is 6.68. The summed E-state index contributed by atoms with van der Waals surface area (Å²) in [6, 6.07) is 12.2. The monoisotopic (exact) mass is 255 g/mol. The number of nitrogen functional groups attached to an aromatic ring is 1. The highest BCUT2D eigenvalue weighted by Gasteiger charge is 2.05. The molecule has 0 spiro atoms. The summed E-state index contributed by atoms with van der Waals surface area (Å²) in [5.74, 6) is 0.624. The highest BCUT2D eigenvalue weighted by Crippen LogP contribution is 2.23. The van der Waals surface area contributed by atoms with E-state index in [1.807, 2.05) is 30.3 Å². The molecule has 18 heavy (non-hydrogen) atoms. The molecule has 3 aromatic rings. The largest absolute Gasteiger partial charge is 0.383 e. The predicted molar refractivity (Wildman–Crippen MR) is 75.7 cm³/mol. The number of aromatic nitrogens is 2. The Balaban J connectivity index is 1.79. The summed E-state index contributed by atoms with van der Waals surface area (Å²) in [5, 5.41) is 1.15. The molecule has 0 aliphatic heterocycles. The number of para-hydroxylation sites is 1. The Hall–Kier alpha value is -1.94. The summed E-state index contributed by atoms with van der Waals surface area (Å²) >= 11 is 1.75. The maximum absolute atomic E-state index is 5.83. The molecule has 1 aromatic carbocycles. The molecule has 2 aromatic heterocycles. The minimum atomic E-state index is 0.624. The van der Waals surface area contributed by atoms with Crippen LogP contribution in [-0.2, 0) is 12.8 Å². The van der Waals surface area contributed by atoms with Crippen molar-refractivity contribution in [1.82, 2.24) is 9.97 Å². The van der Waals surface area contributed by atoms with Crippen molar-refractivity contribution >= 4 is 27.4 Å². The summed E-state index contributed by atoms with van der Waals surface area (Å²) < 4.78 is 1.24. The van der Waals surface area contributed by atoms with E-state index in [-0.39, 0.29) is 0 Å². The van der Waals surface area contributed by atoms with Crippen molar-refractivity contribution in [3.8, 4) is 0 Å². The van der Waals surface area contributed by atoms with Gasteiger partial charge >= 0.3 is 0 Å². The average Bonchev–Trinajstić information content (AvgIpc) is 2.80. The maximum Gasteiger partial charge on any atom is 0.126 e. The summed E-state index contributed by atoms with van der Waals surface area (Å²) in [7, 11) is 0. The van der Waals surface area contributed by atoms with Gasteiger partial charge in [-0.05, 0) is 30.2 Å². The number of benzene rings is 1. The lowest BCUT2D eigenvalue weighted by molar-refractivity contribution is 0.944. The number of aryl methyl sites for hydroxylation is 2. The summed E-state index contributed by atoms with van der Waals surface area (Å²) in [4.78, 5) is 8.71. The Kier molecular flexibility index (Phi) is 2.94. The molecule has 0 fully saturated rings. The summed E-state index contributed by atoms with van der Waals surface area (Å²) in [5.41, 5.74) is 8.01. The highest BCUT2D eigenvalue weighted by atomic mass is 32.1. The molecule has 0 unspecified atom stereocenters. The van der Waals surface area contributed by atoms with Crippen LogP contribution in [0.2, 0.25) is 0 Å². The van der Waals surface area contributed by atoms with Gasteiger partial charge in [0.15, 0.2) is 0 Å². The van der Waals surface area contributed by atoms with Crippen molar-refractivity contribution in [3.63, 3.8) is 0 Å². The molecular formula is C14H13N3S. The van der Waals surface area contributed by atoms with E-state index in [9.17, 15) is 0 Å². The standard InChI is InChI=1S/C14H13N3S/c15-14-10(4-3-9-16-14)7-8-13-17-11-5-1-2-6-12(11)18-13/h1-6,9H,7-8H2,(H2,15,16). The molecule has 0 radical (unpaired) electrons. The second-order valence-electron chi connectivity index (χ2n) is 4.12. The smallest absolute Gasteiger partial charge is 0.126 e. The van der Waals surface area contributed by atoms with Gasteiger partial charge in [0.2, 0.25) is 0 Å². The Bertz CT molecular complexity index is 642. The number of pyridine rings is 1. The van der Waals surface area contributed by atoms with E-state index in [2.05, 4.69) is 16.0 Å². The molecular weight excluding hydrogens is 242 g/mol. The fourth-order valence-electron chi connectivity index (χ4n) is 1.93. The molecule has 3 nitrogen and oxygen atoms in total. The maximum atomic E-state index is 5.83. The fourth-order valence-corrected chi connectivity index (χ4v) is 2.90. The number of fused-ring (bicyclic) bond motifs is 1. The zero-order chi connectivity index (χ0) is 12.4. The van der Waals surface area contributed by atoms with Gasteiger partial charge in [-0.1, -0.05) is 18.2 Å². The van der Waals surface area contributed by atoms with Crippen LogP contribution in [0, 0.1) is 0 Å². The molecule has 2 N–H and O–H groups in total. The van der Waals surface area contributed by atoms with E-state index in [0.717, 1.165) is 28.9 Å². The van der Waals surface area contributed by atoms with Crippen LogP contribution in [0.3, 0.4) is 0 Å². The van der Waals surface area contributed by atoms with Crippen LogP contribution in [0.15, 0.2) is 42.6 Å². The number of hydrogen-bond donors (Lipinski definition) is 1. The van der Waals surface area contributed by atoms with Crippen molar-refractivity contribution in [3.05, 3.63) is 53.2 Å². The third-order valence-corrected chi connectivity index (χ3v) is 3.97. The minimum Gasteiger partial charge on any atom is -0.383 e. The topological polar surface area (TPSA) is 51.8 Å². The van der Waals surface area contributed by atoms with Crippen LogP contribution in [0.5, 0.6) is 0 Å². The molecule has 0 bridgehead atoms. The van der Waals surface area contributed by atoms with Gasteiger partial charge in [-0.3, -0.25) is 0 Å². The molecule has 4 heteroatoms. The molecule has 2 heterocycles. The van der Waals surface area contributed by atoms with Crippen molar-refractivity contribution in [2.24, 2.45) is 0 Å².